The van der Waals surface area contributed by atoms with E-state index in [4.69, 9.17) is 9.84 Å². The Morgan fingerprint density at radius 2 is 1.94 bits per heavy atom. The molecule has 3 heteroatoms. The van der Waals surface area contributed by atoms with Crippen LogP contribution in [0, 0.1) is 5.92 Å². The van der Waals surface area contributed by atoms with Gasteiger partial charge >= 0.3 is 0 Å². The van der Waals surface area contributed by atoms with Crippen LogP contribution in [-0.4, -0.2) is 48.5 Å². The molecule has 0 aromatic carbocycles. The van der Waals surface area contributed by atoms with Gasteiger partial charge in [0, 0.05) is 18.6 Å². The fourth-order valence-electron chi connectivity index (χ4n) is 3.24. The Labute approximate surface area is 113 Å². The molecular weight excluding hydrogens is 226 g/mol. The minimum Gasteiger partial charge on any atom is -0.394 e. The zero-order valence-electron chi connectivity index (χ0n) is 12.4. The van der Waals surface area contributed by atoms with Crippen molar-refractivity contribution in [1.82, 2.24) is 4.90 Å². The molecule has 1 saturated carbocycles. The lowest BCUT2D eigenvalue weighted by molar-refractivity contribution is 0.0261. The third-order valence-electron chi connectivity index (χ3n) is 4.21. The van der Waals surface area contributed by atoms with E-state index in [9.17, 15) is 0 Å². The van der Waals surface area contributed by atoms with E-state index >= 15 is 0 Å². The normalized spacial score (nSPS) is 25.0. The topological polar surface area (TPSA) is 32.7 Å². The zero-order valence-corrected chi connectivity index (χ0v) is 12.4. The van der Waals surface area contributed by atoms with Crippen molar-refractivity contribution in [2.45, 2.75) is 65.0 Å². The van der Waals surface area contributed by atoms with Gasteiger partial charge in [-0.2, -0.15) is 0 Å². The van der Waals surface area contributed by atoms with Crippen molar-refractivity contribution in [2.75, 3.05) is 26.4 Å². The Bertz CT molecular complexity index is 209. The average molecular weight is 257 g/mol. The summed E-state index contributed by atoms with van der Waals surface area (Å²) in [5.41, 5.74) is 0. The predicted octanol–water partition coefficient (Wildman–Crippen LogP) is 2.67. The minimum absolute atomic E-state index is 0.128. The Balaban J connectivity index is 2.47. The van der Waals surface area contributed by atoms with Gasteiger partial charge in [0.25, 0.3) is 0 Å². The van der Waals surface area contributed by atoms with Gasteiger partial charge in [0.05, 0.1) is 19.8 Å². The molecule has 18 heavy (non-hydrogen) atoms. The zero-order chi connectivity index (χ0) is 13.4. The molecule has 0 heterocycles. The van der Waals surface area contributed by atoms with Gasteiger partial charge in [0.15, 0.2) is 0 Å². The van der Waals surface area contributed by atoms with E-state index in [1.165, 1.54) is 32.1 Å². The van der Waals surface area contributed by atoms with Gasteiger partial charge in [-0.1, -0.05) is 26.2 Å². The van der Waals surface area contributed by atoms with E-state index in [0.29, 0.717) is 12.6 Å². The van der Waals surface area contributed by atoms with Crippen LogP contribution in [0.5, 0.6) is 0 Å². The summed E-state index contributed by atoms with van der Waals surface area (Å²) in [5, 5.41) is 8.73. The monoisotopic (exact) mass is 257 g/mol. The van der Waals surface area contributed by atoms with Gasteiger partial charge in [-0.15, -0.1) is 0 Å². The fourth-order valence-corrected chi connectivity index (χ4v) is 3.24. The van der Waals surface area contributed by atoms with Gasteiger partial charge in [0.2, 0.25) is 0 Å². The average Bonchev–Trinajstić information content (AvgIpc) is 2.38. The molecule has 108 valence electrons. The molecule has 1 N–H and O–H groups in total. The Hall–Kier alpha value is -0.120. The maximum absolute atomic E-state index is 8.73. The maximum atomic E-state index is 8.73. The molecule has 1 rings (SSSR count). The molecule has 0 aromatic rings. The molecular formula is C15H31NO2. The van der Waals surface area contributed by atoms with Gasteiger partial charge in [-0.05, 0) is 32.6 Å². The van der Waals surface area contributed by atoms with Crippen molar-refractivity contribution in [3.05, 3.63) is 0 Å². The number of aliphatic hydroxyl groups excluding tert-OH is 1. The van der Waals surface area contributed by atoms with Gasteiger partial charge in [0.1, 0.15) is 0 Å². The molecule has 0 saturated heterocycles. The number of rotatable bonds is 8. The highest BCUT2D eigenvalue weighted by Crippen LogP contribution is 2.31. The fraction of sp³-hybridized carbons (Fsp3) is 1.00. The third-order valence-corrected chi connectivity index (χ3v) is 4.21. The van der Waals surface area contributed by atoms with Crippen LogP contribution in [0.2, 0.25) is 0 Å². The van der Waals surface area contributed by atoms with Crippen molar-refractivity contribution in [3.63, 3.8) is 0 Å². The van der Waals surface area contributed by atoms with Crippen LogP contribution in [0.1, 0.15) is 52.9 Å². The van der Waals surface area contributed by atoms with Crippen molar-refractivity contribution >= 4 is 0 Å². The summed E-state index contributed by atoms with van der Waals surface area (Å²) in [6.45, 7) is 9.23. The first-order valence-electron chi connectivity index (χ1n) is 7.65. The summed E-state index contributed by atoms with van der Waals surface area (Å²) in [5.74, 6) is 0.860. The van der Waals surface area contributed by atoms with E-state index in [0.717, 1.165) is 25.1 Å². The molecule has 1 fully saturated rings. The van der Waals surface area contributed by atoms with Crippen LogP contribution in [0.25, 0.3) is 0 Å². The first kappa shape index (κ1) is 15.9. The lowest BCUT2D eigenvalue weighted by Gasteiger charge is -2.42. The summed E-state index contributed by atoms with van der Waals surface area (Å²) < 4.78 is 5.43. The summed E-state index contributed by atoms with van der Waals surface area (Å²) >= 11 is 0. The number of hydrogen-bond acceptors (Lipinski definition) is 3. The molecule has 2 atom stereocenters. The summed E-state index contributed by atoms with van der Waals surface area (Å²) in [6, 6.07) is 1.32. The van der Waals surface area contributed by atoms with E-state index in [-0.39, 0.29) is 6.61 Å². The second-order valence-corrected chi connectivity index (χ2v) is 5.69. The van der Waals surface area contributed by atoms with Crippen molar-refractivity contribution in [2.24, 2.45) is 5.92 Å². The van der Waals surface area contributed by atoms with Crippen LogP contribution < -0.4 is 0 Å². The van der Waals surface area contributed by atoms with Gasteiger partial charge in [-0.3, -0.25) is 4.90 Å². The Morgan fingerprint density at radius 3 is 2.56 bits per heavy atom. The summed E-state index contributed by atoms with van der Waals surface area (Å²) in [6.07, 6.45) is 6.81. The lowest BCUT2D eigenvalue weighted by atomic mass is 9.81. The highest BCUT2D eigenvalue weighted by molar-refractivity contribution is 4.84. The second kappa shape index (κ2) is 8.89. The molecule has 0 amide bonds. The summed E-state index contributed by atoms with van der Waals surface area (Å²) in [7, 11) is 0. The minimum atomic E-state index is 0.128. The molecule has 0 radical (unpaired) electrons. The first-order chi connectivity index (χ1) is 8.70. The number of nitrogens with zero attached hydrogens (tertiary/aromatic N) is 1. The SMILES string of the molecule is CCC1CCCCC1N(CCOCCO)C(C)C. The highest BCUT2D eigenvalue weighted by atomic mass is 16.5. The number of aliphatic hydroxyl groups is 1. The Kier molecular flexibility index (Phi) is 7.87. The number of hydrogen-bond donors (Lipinski definition) is 1. The van der Waals surface area contributed by atoms with Crippen LogP contribution in [0.3, 0.4) is 0 Å². The van der Waals surface area contributed by atoms with E-state index in [1.807, 2.05) is 0 Å². The van der Waals surface area contributed by atoms with Crippen LogP contribution >= 0.6 is 0 Å². The van der Waals surface area contributed by atoms with Crippen LogP contribution in [0.15, 0.2) is 0 Å². The van der Waals surface area contributed by atoms with Crippen LogP contribution in [-0.2, 0) is 4.74 Å². The maximum Gasteiger partial charge on any atom is 0.0698 e. The largest absolute Gasteiger partial charge is 0.394 e. The van der Waals surface area contributed by atoms with Crippen molar-refractivity contribution < 1.29 is 9.84 Å². The molecule has 2 unspecified atom stereocenters. The quantitative estimate of drug-likeness (QED) is 0.679. The predicted molar refractivity (Wildman–Crippen MR) is 75.8 cm³/mol. The molecule has 0 bridgehead atoms. The standard InChI is InChI=1S/C15H31NO2/c1-4-14-7-5-6-8-15(14)16(13(2)3)9-11-18-12-10-17/h13-15,17H,4-12H2,1-3H3. The van der Waals surface area contributed by atoms with E-state index in [1.54, 1.807) is 0 Å². The van der Waals surface area contributed by atoms with Gasteiger partial charge < -0.3 is 9.84 Å². The molecule has 0 aliphatic heterocycles. The second-order valence-electron chi connectivity index (χ2n) is 5.69. The molecule has 1 aliphatic carbocycles. The molecule has 0 spiro atoms. The van der Waals surface area contributed by atoms with Gasteiger partial charge in [-0.25, -0.2) is 0 Å². The van der Waals surface area contributed by atoms with Crippen LogP contribution in [0.4, 0.5) is 0 Å². The first-order valence-corrected chi connectivity index (χ1v) is 7.65. The molecule has 3 nitrogen and oxygen atoms in total. The summed E-state index contributed by atoms with van der Waals surface area (Å²) in [4.78, 5) is 2.62. The van der Waals surface area contributed by atoms with E-state index in [2.05, 4.69) is 25.7 Å². The Morgan fingerprint density at radius 1 is 1.22 bits per heavy atom. The molecule has 0 aromatic heterocycles. The molecule has 1 aliphatic rings. The lowest BCUT2D eigenvalue weighted by Crippen LogP contribution is -2.47. The van der Waals surface area contributed by atoms with Crippen molar-refractivity contribution in [3.8, 4) is 0 Å². The third kappa shape index (κ3) is 4.87. The smallest absolute Gasteiger partial charge is 0.0698 e. The number of ether oxygens (including phenoxy) is 1. The highest BCUT2D eigenvalue weighted by Gasteiger charge is 2.29. The van der Waals surface area contributed by atoms with Crippen molar-refractivity contribution in [1.29, 1.82) is 0 Å². The van der Waals surface area contributed by atoms with E-state index < -0.39 is 0 Å².